The average molecular weight is 343 g/mol. The molecule has 0 radical (unpaired) electrons. The van der Waals surface area contributed by atoms with Crippen LogP contribution in [0.1, 0.15) is 18.1 Å². The molecule has 0 unspecified atom stereocenters. The largest absolute Gasteiger partial charge is 0.493 e. The summed E-state index contributed by atoms with van der Waals surface area (Å²) >= 11 is 0. The molecule has 0 atom stereocenters. The normalized spacial score (nSPS) is 10.7. The van der Waals surface area contributed by atoms with Crippen LogP contribution in [0.4, 0.5) is 4.39 Å². The third kappa shape index (κ3) is 5.35. The first-order chi connectivity index (χ1) is 12.0. The summed E-state index contributed by atoms with van der Waals surface area (Å²) in [6.45, 7) is 2.91. The molecule has 5 heteroatoms. The average Bonchev–Trinajstić information content (AvgIpc) is 2.62. The Morgan fingerprint density at radius 1 is 1.16 bits per heavy atom. The minimum absolute atomic E-state index is 0.142. The number of hydrogen-bond acceptors (Lipinski definition) is 3. The Balaban J connectivity index is 2.01. The van der Waals surface area contributed by atoms with E-state index in [2.05, 4.69) is 0 Å². The predicted octanol–water partition coefficient (Wildman–Crippen LogP) is 3.90. The van der Waals surface area contributed by atoms with Crippen LogP contribution in [0.25, 0.3) is 6.08 Å². The molecular formula is C20H22FNO3. The zero-order valence-corrected chi connectivity index (χ0v) is 14.7. The van der Waals surface area contributed by atoms with Gasteiger partial charge in [0.15, 0.2) is 11.5 Å². The molecule has 25 heavy (non-hydrogen) atoms. The summed E-state index contributed by atoms with van der Waals surface area (Å²) < 4.78 is 23.7. The molecule has 2 rings (SSSR count). The number of amides is 1. The van der Waals surface area contributed by atoms with E-state index in [4.69, 9.17) is 9.47 Å². The van der Waals surface area contributed by atoms with Crippen LogP contribution >= 0.6 is 0 Å². The van der Waals surface area contributed by atoms with Crippen LogP contribution in [0, 0.1) is 5.82 Å². The van der Waals surface area contributed by atoms with Crippen LogP contribution in [-0.2, 0) is 11.3 Å². The van der Waals surface area contributed by atoms with Gasteiger partial charge in [-0.3, -0.25) is 4.79 Å². The predicted molar refractivity (Wildman–Crippen MR) is 96.1 cm³/mol. The van der Waals surface area contributed by atoms with E-state index in [1.807, 2.05) is 25.1 Å². The van der Waals surface area contributed by atoms with Crippen LogP contribution in [0.3, 0.4) is 0 Å². The van der Waals surface area contributed by atoms with Crippen molar-refractivity contribution in [3.63, 3.8) is 0 Å². The van der Waals surface area contributed by atoms with Crippen LogP contribution in [0.2, 0.25) is 0 Å². The van der Waals surface area contributed by atoms with Crippen molar-refractivity contribution in [2.45, 2.75) is 13.5 Å². The van der Waals surface area contributed by atoms with Gasteiger partial charge in [0.2, 0.25) is 5.91 Å². The molecule has 0 heterocycles. The van der Waals surface area contributed by atoms with Crippen molar-refractivity contribution in [2.75, 3.05) is 20.8 Å². The summed E-state index contributed by atoms with van der Waals surface area (Å²) in [5.74, 6) is 0.878. The first-order valence-electron chi connectivity index (χ1n) is 8.02. The number of methoxy groups -OCH3 is 1. The number of ether oxygens (including phenoxy) is 2. The van der Waals surface area contributed by atoms with E-state index in [0.29, 0.717) is 24.7 Å². The topological polar surface area (TPSA) is 38.8 Å². The highest BCUT2D eigenvalue weighted by Crippen LogP contribution is 2.28. The van der Waals surface area contributed by atoms with Crippen molar-refractivity contribution < 1.29 is 18.7 Å². The fraction of sp³-hybridized carbons (Fsp3) is 0.250. The van der Waals surface area contributed by atoms with Gasteiger partial charge in [-0.2, -0.15) is 0 Å². The van der Waals surface area contributed by atoms with Gasteiger partial charge >= 0.3 is 0 Å². The van der Waals surface area contributed by atoms with Crippen molar-refractivity contribution in [2.24, 2.45) is 0 Å². The fourth-order valence-corrected chi connectivity index (χ4v) is 2.31. The number of benzene rings is 2. The Labute approximate surface area is 147 Å². The summed E-state index contributed by atoms with van der Waals surface area (Å²) in [7, 11) is 3.31. The highest BCUT2D eigenvalue weighted by molar-refractivity contribution is 5.91. The summed E-state index contributed by atoms with van der Waals surface area (Å²) in [5, 5.41) is 0. The van der Waals surface area contributed by atoms with Crippen molar-refractivity contribution in [3.8, 4) is 11.5 Å². The van der Waals surface area contributed by atoms with E-state index in [9.17, 15) is 9.18 Å². The smallest absolute Gasteiger partial charge is 0.246 e. The molecule has 0 aliphatic carbocycles. The van der Waals surface area contributed by atoms with E-state index in [1.54, 1.807) is 37.3 Å². The number of carbonyl (C=O) groups excluding carboxylic acids is 1. The standard InChI is InChI=1S/C20H22FNO3/c1-4-25-18-11-7-16(13-19(18)24-3)14-22(2)20(23)12-8-15-5-9-17(21)10-6-15/h5-13H,4,14H2,1-3H3. The van der Waals surface area contributed by atoms with Gasteiger partial charge < -0.3 is 14.4 Å². The van der Waals surface area contributed by atoms with Gasteiger partial charge in [0.05, 0.1) is 13.7 Å². The minimum atomic E-state index is -0.301. The first kappa shape index (κ1) is 18.5. The molecule has 1 amide bonds. The second-order valence-electron chi connectivity index (χ2n) is 5.50. The molecule has 0 N–H and O–H groups in total. The second-order valence-corrected chi connectivity index (χ2v) is 5.50. The first-order valence-corrected chi connectivity index (χ1v) is 8.02. The van der Waals surface area contributed by atoms with Gasteiger partial charge in [-0.15, -0.1) is 0 Å². The van der Waals surface area contributed by atoms with Gasteiger partial charge in [0.1, 0.15) is 5.82 Å². The van der Waals surface area contributed by atoms with Gasteiger partial charge in [-0.1, -0.05) is 18.2 Å². The zero-order chi connectivity index (χ0) is 18.2. The van der Waals surface area contributed by atoms with Crippen molar-refractivity contribution >= 4 is 12.0 Å². The molecule has 2 aromatic carbocycles. The van der Waals surface area contributed by atoms with Crippen LogP contribution in [-0.4, -0.2) is 31.6 Å². The maximum Gasteiger partial charge on any atom is 0.246 e. The van der Waals surface area contributed by atoms with Crippen molar-refractivity contribution in [1.82, 2.24) is 4.90 Å². The molecule has 132 valence electrons. The van der Waals surface area contributed by atoms with Crippen LogP contribution < -0.4 is 9.47 Å². The summed E-state index contributed by atoms with van der Waals surface area (Å²) in [6, 6.07) is 11.6. The number of halogens is 1. The molecule has 0 saturated heterocycles. The summed E-state index contributed by atoms with van der Waals surface area (Å²) in [6.07, 6.45) is 3.13. The summed E-state index contributed by atoms with van der Waals surface area (Å²) in [4.78, 5) is 13.8. The molecule has 0 spiro atoms. The maximum atomic E-state index is 12.9. The Kier molecular flexibility index (Phi) is 6.57. The van der Waals surface area contributed by atoms with Crippen molar-refractivity contribution in [3.05, 3.63) is 65.5 Å². The molecule has 0 aliphatic heterocycles. The zero-order valence-electron chi connectivity index (χ0n) is 14.7. The van der Waals surface area contributed by atoms with E-state index < -0.39 is 0 Å². The number of nitrogens with zero attached hydrogens (tertiary/aromatic N) is 1. The Morgan fingerprint density at radius 3 is 2.52 bits per heavy atom. The lowest BCUT2D eigenvalue weighted by molar-refractivity contribution is -0.125. The van der Waals surface area contributed by atoms with Gasteiger partial charge in [-0.05, 0) is 48.4 Å². The van der Waals surface area contributed by atoms with E-state index in [1.165, 1.54) is 18.2 Å². The fourth-order valence-electron chi connectivity index (χ4n) is 2.31. The Morgan fingerprint density at radius 2 is 1.88 bits per heavy atom. The van der Waals surface area contributed by atoms with E-state index >= 15 is 0 Å². The third-order valence-corrected chi connectivity index (χ3v) is 3.61. The van der Waals surface area contributed by atoms with Gasteiger partial charge in [0, 0.05) is 19.7 Å². The van der Waals surface area contributed by atoms with E-state index in [-0.39, 0.29) is 11.7 Å². The van der Waals surface area contributed by atoms with Gasteiger partial charge in [0.25, 0.3) is 0 Å². The second kappa shape index (κ2) is 8.87. The van der Waals surface area contributed by atoms with Gasteiger partial charge in [-0.25, -0.2) is 4.39 Å². The molecule has 4 nitrogen and oxygen atoms in total. The molecule has 0 aromatic heterocycles. The summed E-state index contributed by atoms with van der Waals surface area (Å²) in [5.41, 5.74) is 1.71. The quantitative estimate of drug-likeness (QED) is 0.716. The lowest BCUT2D eigenvalue weighted by atomic mass is 10.2. The SMILES string of the molecule is CCOc1ccc(CN(C)C(=O)C=Cc2ccc(F)cc2)cc1OC. The molecule has 0 saturated carbocycles. The molecule has 0 bridgehead atoms. The molecular weight excluding hydrogens is 321 g/mol. The van der Waals surface area contributed by atoms with E-state index in [0.717, 1.165) is 11.1 Å². The Bertz CT molecular complexity index is 741. The number of likely N-dealkylation sites (N-methyl/N-ethyl adjacent to an activating group) is 1. The van der Waals surface area contributed by atoms with Crippen LogP contribution in [0.15, 0.2) is 48.5 Å². The highest BCUT2D eigenvalue weighted by Gasteiger charge is 2.09. The molecule has 2 aromatic rings. The molecule has 0 fully saturated rings. The maximum absolute atomic E-state index is 12.9. The number of hydrogen-bond donors (Lipinski definition) is 0. The Hall–Kier alpha value is -2.82. The van der Waals surface area contributed by atoms with Crippen LogP contribution in [0.5, 0.6) is 11.5 Å². The van der Waals surface area contributed by atoms with Crippen molar-refractivity contribution in [1.29, 1.82) is 0 Å². The minimum Gasteiger partial charge on any atom is -0.493 e. The number of rotatable bonds is 7. The monoisotopic (exact) mass is 343 g/mol. The molecule has 0 aliphatic rings. The highest BCUT2D eigenvalue weighted by atomic mass is 19.1. The third-order valence-electron chi connectivity index (χ3n) is 3.61. The lowest BCUT2D eigenvalue weighted by Crippen LogP contribution is -2.24. The number of carbonyl (C=O) groups is 1. The lowest BCUT2D eigenvalue weighted by Gasteiger charge is -2.17.